The van der Waals surface area contributed by atoms with Gasteiger partial charge in [-0.1, -0.05) is 37.5 Å². The largest absolute Gasteiger partial charge is 0.268 e. The highest BCUT2D eigenvalue weighted by Crippen LogP contribution is 2.14. The Balaban J connectivity index is 0.000000461. The predicted octanol–water partition coefficient (Wildman–Crippen LogP) is 0.738. The molecule has 74 valence electrons. The highest BCUT2D eigenvalue weighted by molar-refractivity contribution is 6.32. The van der Waals surface area contributed by atoms with Crippen LogP contribution in [0.4, 0.5) is 0 Å². The summed E-state index contributed by atoms with van der Waals surface area (Å²) in [4.78, 5) is 0. The van der Waals surface area contributed by atoms with Gasteiger partial charge in [0.2, 0.25) is 0 Å². The van der Waals surface area contributed by atoms with Crippen molar-refractivity contribution in [3.05, 3.63) is 29.3 Å². The Hall–Kier alpha value is -0.795. The molecule has 0 saturated carbocycles. The number of nitrogens with zero attached hydrogens (tertiary/aromatic N) is 1. The fourth-order valence-electron chi connectivity index (χ4n) is 1.59. The highest BCUT2D eigenvalue weighted by Gasteiger charge is 2.12. The van der Waals surface area contributed by atoms with E-state index in [1.807, 2.05) is 31.0 Å². The van der Waals surface area contributed by atoms with Crippen LogP contribution in [0.3, 0.4) is 0 Å². The van der Waals surface area contributed by atoms with Crippen molar-refractivity contribution in [3.8, 4) is 0 Å². The van der Waals surface area contributed by atoms with E-state index in [2.05, 4.69) is 6.07 Å². The number of hydrogen-bond donors (Lipinski definition) is 1. The summed E-state index contributed by atoms with van der Waals surface area (Å²) in [6, 6.07) is 6.03. The summed E-state index contributed by atoms with van der Waals surface area (Å²) in [6.07, 6.45) is 1.01. The van der Waals surface area contributed by atoms with Crippen LogP contribution in [0.2, 0.25) is 0 Å². The molecular formula is C11H17BN2. The molecule has 0 saturated heterocycles. The number of rotatable bonds is 0. The van der Waals surface area contributed by atoms with Crippen LogP contribution in [0.15, 0.2) is 18.2 Å². The molecule has 2 radical (unpaired) electrons. The van der Waals surface area contributed by atoms with Gasteiger partial charge in [-0.3, -0.25) is 5.84 Å². The Bertz CT molecular complexity index is 299. The minimum Gasteiger partial charge on any atom is -0.268 e. The molecule has 0 aliphatic carbocycles. The molecule has 1 aliphatic heterocycles. The lowest BCUT2D eigenvalue weighted by Gasteiger charge is -2.24. The molecule has 2 rings (SSSR count). The van der Waals surface area contributed by atoms with Crippen molar-refractivity contribution in [2.75, 3.05) is 6.54 Å². The number of benzene rings is 1. The van der Waals surface area contributed by atoms with Crippen molar-refractivity contribution in [1.29, 1.82) is 0 Å². The average Bonchev–Trinajstić information content (AvgIpc) is 2.21. The minimum atomic E-state index is 0.843. The van der Waals surface area contributed by atoms with Crippen molar-refractivity contribution < 1.29 is 0 Å². The summed E-state index contributed by atoms with van der Waals surface area (Å²) in [5.41, 5.74) is 3.49. The average molecular weight is 188 g/mol. The summed E-state index contributed by atoms with van der Waals surface area (Å²) in [6.45, 7) is 5.77. The summed E-state index contributed by atoms with van der Waals surface area (Å²) in [7, 11) is 5.67. The van der Waals surface area contributed by atoms with Crippen LogP contribution in [0.5, 0.6) is 0 Å². The van der Waals surface area contributed by atoms with Gasteiger partial charge in [0.25, 0.3) is 0 Å². The molecule has 0 spiro atoms. The van der Waals surface area contributed by atoms with E-state index in [0.717, 1.165) is 25.0 Å². The third-order valence-electron chi connectivity index (χ3n) is 2.27. The zero-order chi connectivity index (χ0) is 10.6. The van der Waals surface area contributed by atoms with Crippen LogP contribution < -0.4 is 11.3 Å². The SMILES string of the molecule is CC.[B]c1ccc2c(c1)CCN(N)C2. The molecule has 0 fully saturated rings. The Morgan fingerprint density at radius 2 is 2.00 bits per heavy atom. The predicted molar refractivity (Wildman–Crippen MR) is 61.5 cm³/mol. The van der Waals surface area contributed by atoms with Gasteiger partial charge in [-0.05, 0) is 17.5 Å². The standard InChI is InChI=1S/C9H11BN2.C2H6/c10-9-2-1-8-6-12(11)4-3-7(8)5-9;1-2/h1-2,5H,3-4,6,11H2;1-2H3. The van der Waals surface area contributed by atoms with Crippen molar-refractivity contribution in [1.82, 2.24) is 5.01 Å². The minimum absolute atomic E-state index is 0.843. The number of hydrazine groups is 1. The van der Waals surface area contributed by atoms with E-state index in [1.165, 1.54) is 11.1 Å². The molecule has 1 aromatic carbocycles. The molecule has 0 unspecified atom stereocenters. The Morgan fingerprint density at radius 1 is 1.29 bits per heavy atom. The Morgan fingerprint density at radius 3 is 2.71 bits per heavy atom. The van der Waals surface area contributed by atoms with Gasteiger partial charge < -0.3 is 0 Å². The Labute approximate surface area is 87.5 Å². The second-order valence-corrected chi connectivity index (χ2v) is 3.25. The fraction of sp³-hybridized carbons (Fsp3) is 0.455. The van der Waals surface area contributed by atoms with Gasteiger partial charge in [-0.15, -0.1) is 0 Å². The van der Waals surface area contributed by atoms with Gasteiger partial charge >= 0.3 is 0 Å². The van der Waals surface area contributed by atoms with Crippen LogP contribution in [-0.4, -0.2) is 19.4 Å². The first-order chi connectivity index (χ1) is 6.75. The van der Waals surface area contributed by atoms with Crippen LogP contribution in [0.1, 0.15) is 25.0 Å². The molecule has 0 atom stereocenters. The maximum atomic E-state index is 5.69. The van der Waals surface area contributed by atoms with E-state index in [9.17, 15) is 0 Å². The summed E-state index contributed by atoms with van der Waals surface area (Å²) in [5.74, 6) is 5.69. The van der Waals surface area contributed by atoms with Crippen LogP contribution in [0, 0.1) is 0 Å². The van der Waals surface area contributed by atoms with E-state index >= 15 is 0 Å². The van der Waals surface area contributed by atoms with Crippen LogP contribution >= 0.6 is 0 Å². The molecule has 1 aliphatic rings. The van der Waals surface area contributed by atoms with Gasteiger partial charge in [-0.2, -0.15) is 0 Å². The lowest BCUT2D eigenvalue weighted by Crippen LogP contribution is -2.36. The number of fused-ring (bicyclic) bond motifs is 1. The van der Waals surface area contributed by atoms with E-state index in [1.54, 1.807) is 0 Å². The van der Waals surface area contributed by atoms with Crippen LogP contribution in [-0.2, 0) is 13.0 Å². The Kier molecular flexibility index (Phi) is 4.17. The summed E-state index contributed by atoms with van der Waals surface area (Å²) < 4.78 is 0. The van der Waals surface area contributed by atoms with E-state index in [-0.39, 0.29) is 0 Å². The molecule has 0 bridgehead atoms. The lowest BCUT2D eigenvalue weighted by molar-refractivity contribution is 0.263. The molecule has 0 aromatic heterocycles. The monoisotopic (exact) mass is 188 g/mol. The molecule has 0 amide bonds. The molecule has 3 heteroatoms. The van der Waals surface area contributed by atoms with Crippen molar-refractivity contribution in [2.45, 2.75) is 26.8 Å². The first kappa shape index (κ1) is 11.3. The topological polar surface area (TPSA) is 29.3 Å². The second-order valence-electron chi connectivity index (χ2n) is 3.25. The van der Waals surface area contributed by atoms with Gasteiger partial charge in [-0.25, -0.2) is 5.01 Å². The van der Waals surface area contributed by atoms with E-state index in [4.69, 9.17) is 13.7 Å². The fourth-order valence-corrected chi connectivity index (χ4v) is 1.59. The summed E-state index contributed by atoms with van der Waals surface area (Å²) in [5, 5.41) is 1.83. The van der Waals surface area contributed by atoms with Crippen molar-refractivity contribution in [2.24, 2.45) is 5.84 Å². The van der Waals surface area contributed by atoms with Gasteiger partial charge in [0.15, 0.2) is 0 Å². The van der Waals surface area contributed by atoms with Crippen molar-refractivity contribution >= 4 is 13.3 Å². The summed E-state index contributed by atoms with van der Waals surface area (Å²) >= 11 is 0. The second kappa shape index (κ2) is 5.18. The van der Waals surface area contributed by atoms with Crippen LogP contribution in [0.25, 0.3) is 0 Å². The lowest BCUT2D eigenvalue weighted by atomic mass is 9.90. The number of hydrogen-bond acceptors (Lipinski definition) is 2. The smallest absolute Gasteiger partial charge is 0.113 e. The zero-order valence-corrected chi connectivity index (χ0v) is 8.96. The molecule has 1 aromatic rings. The third kappa shape index (κ3) is 2.60. The van der Waals surface area contributed by atoms with E-state index < -0.39 is 0 Å². The number of nitrogens with two attached hydrogens (primary N) is 1. The first-order valence-corrected chi connectivity index (χ1v) is 5.12. The normalized spacial score (nSPS) is 15.4. The van der Waals surface area contributed by atoms with Gasteiger partial charge in [0.05, 0.1) is 0 Å². The van der Waals surface area contributed by atoms with Crippen molar-refractivity contribution in [3.63, 3.8) is 0 Å². The zero-order valence-electron chi connectivity index (χ0n) is 8.96. The maximum absolute atomic E-state index is 5.69. The van der Waals surface area contributed by atoms with E-state index in [0.29, 0.717) is 0 Å². The van der Waals surface area contributed by atoms with Gasteiger partial charge in [0.1, 0.15) is 7.85 Å². The quantitative estimate of drug-likeness (QED) is 0.480. The maximum Gasteiger partial charge on any atom is 0.113 e. The molecule has 2 nitrogen and oxygen atoms in total. The molecule has 2 N–H and O–H groups in total. The van der Waals surface area contributed by atoms with Gasteiger partial charge in [0, 0.05) is 13.1 Å². The molecule has 14 heavy (non-hydrogen) atoms. The third-order valence-corrected chi connectivity index (χ3v) is 2.27. The highest BCUT2D eigenvalue weighted by atomic mass is 15.4. The first-order valence-electron chi connectivity index (χ1n) is 5.12. The molecular weight excluding hydrogens is 171 g/mol. The molecule has 1 heterocycles.